The van der Waals surface area contributed by atoms with Crippen LogP contribution in [0, 0.1) is 5.82 Å². The number of carbonyl (C=O) groups excluding carboxylic acids is 1. The average molecular weight is 377 g/mol. The fraction of sp³-hybridized carbons (Fsp3) is 0.118. The summed E-state index contributed by atoms with van der Waals surface area (Å²) in [5.74, 6) is -1.79. The standard InChI is InChI=1S/C17H16FN3O4S/c18-10-5-7-11(8-6-10)26(24,25)16(17(22)21-23)15(19)13-9-20-14-4-2-1-3-12(13)14/h1-9,15-16,20,23H,19H2,(H,21,22). The number of carbonyl (C=O) groups is 1. The number of nitrogens with two attached hydrogens (primary N) is 1. The Labute approximate surface area is 148 Å². The number of hydroxylamine groups is 1. The molecule has 0 bridgehead atoms. The van der Waals surface area contributed by atoms with Crippen molar-refractivity contribution in [3.63, 3.8) is 0 Å². The summed E-state index contributed by atoms with van der Waals surface area (Å²) >= 11 is 0. The first-order chi connectivity index (χ1) is 12.4. The predicted octanol–water partition coefficient (Wildman–Crippen LogP) is 1.65. The Balaban J connectivity index is 2.11. The maximum Gasteiger partial charge on any atom is 0.264 e. The van der Waals surface area contributed by atoms with Gasteiger partial charge in [-0.2, -0.15) is 0 Å². The molecule has 0 aliphatic heterocycles. The van der Waals surface area contributed by atoms with Gasteiger partial charge in [0, 0.05) is 17.1 Å². The lowest BCUT2D eigenvalue weighted by Gasteiger charge is -2.22. The highest BCUT2D eigenvalue weighted by atomic mass is 32.2. The van der Waals surface area contributed by atoms with E-state index >= 15 is 0 Å². The maximum atomic E-state index is 13.1. The summed E-state index contributed by atoms with van der Waals surface area (Å²) in [6, 6.07) is 9.82. The van der Waals surface area contributed by atoms with Gasteiger partial charge in [0.2, 0.25) is 0 Å². The molecule has 0 spiro atoms. The van der Waals surface area contributed by atoms with Gasteiger partial charge in [-0.1, -0.05) is 18.2 Å². The third-order valence-electron chi connectivity index (χ3n) is 4.15. The van der Waals surface area contributed by atoms with Crippen molar-refractivity contribution in [2.45, 2.75) is 16.2 Å². The number of amides is 1. The van der Waals surface area contributed by atoms with Gasteiger partial charge in [-0.15, -0.1) is 0 Å². The van der Waals surface area contributed by atoms with Crippen molar-refractivity contribution in [1.82, 2.24) is 10.5 Å². The largest absolute Gasteiger partial charge is 0.361 e. The molecule has 9 heteroatoms. The van der Waals surface area contributed by atoms with Crippen molar-refractivity contribution in [3.8, 4) is 0 Å². The Bertz CT molecular complexity index is 1050. The molecule has 0 aliphatic rings. The number of halogens is 1. The molecule has 1 amide bonds. The number of fused-ring (bicyclic) bond motifs is 1. The molecule has 3 aromatic rings. The molecule has 7 nitrogen and oxygen atoms in total. The van der Waals surface area contributed by atoms with E-state index < -0.39 is 32.9 Å². The van der Waals surface area contributed by atoms with Gasteiger partial charge in [0.05, 0.1) is 10.9 Å². The summed E-state index contributed by atoms with van der Waals surface area (Å²) in [6.45, 7) is 0. The highest BCUT2D eigenvalue weighted by Crippen LogP contribution is 2.30. The Morgan fingerprint density at radius 1 is 1.15 bits per heavy atom. The van der Waals surface area contributed by atoms with Gasteiger partial charge >= 0.3 is 0 Å². The van der Waals surface area contributed by atoms with Crippen LogP contribution in [0.25, 0.3) is 10.9 Å². The van der Waals surface area contributed by atoms with E-state index in [2.05, 4.69) is 4.98 Å². The summed E-state index contributed by atoms with van der Waals surface area (Å²) in [6.07, 6.45) is 1.52. The first kappa shape index (κ1) is 18.1. The first-order valence-electron chi connectivity index (χ1n) is 7.61. The SMILES string of the molecule is NC(c1c[nH]c2ccccc12)C(C(=O)NO)S(=O)(=O)c1ccc(F)cc1. The summed E-state index contributed by atoms with van der Waals surface area (Å²) in [5.41, 5.74) is 8.62. The van der Waals surface area contributed by atoms with Crippen LogP contribution < -0.4 is 11.2 Å². The highest BCUT2D eigenvalue weighted by Gasteiger charge is 2.40. The molecule has 2 atom stereocenters. The molecule has 3 rings (SSSR count). The first-order valence-corrected chi connectivity index (χ1v) is 9.16. The summed E-state index contributed by atoms with van der Waals surface area (Å²) in [5, 5.41) is 7.88. The topological polar surface area (TPSA) is 125 Å². The molecule has 2 aromatic carbocycles. The van der Waals surface area contributed by atoms with E-state index in [1.807, 2.05) is 0 Å². The van der Waals surface area contributed by atoms with Crippen LogP contribution in [0.2, 0.25) is 0 Å². The van der Waals surface area contributed by atoms with E-state index in [9.17, 15) is 17.6 Å². The van der Waals surface area contributed by atoms with Gasteiger partial charge < -0.3 is 10.7 Å². The number of aromatic nitrogens is 1. The molecule has 0 aliphatic carbocycles. The Hall–Kier alpha value is -2.75. The van der Waals surface area contributed by atoms with E-state index in [4.69, 9.17) is 10.9 Å². The zero-order valence-corrected chi connectivity index (χ0v) is 14.2. The second-order valence-electron chi connectivity index (χ2n) is 5.71. The smallest absolute Gasteiger partial charge is 0.264 e. The van der Waals surface area contributed by atoms with Crippen molar-refractivity contribution in [2.75, 3.05) is 0 Å². The molecule has 1 aromatic heterocycles. The molecule has 1 heterocycles. The number of aromatic amines is 1. The van der Waals surface area contributed by atoms with Crippen LogP contribution in [-0.2, 0) is 14.6 Å². The Kier molecular flexibility index (Phi) is 4.77. The van der Waals surface area contributed by atoms with Crippen molar-refractivity contribution < 1.29 is 22.8 Å². The van der Waals surface area contributed by atoms with E-state index in [-0.39, 0.29) is 4.90 Å². The number of benzene rings is 2. The number of H-pyrrole nitrogens is 1. The van der Waals surface area contributed by atoms with Crippen molar-refractivity contribution >= 4 is 26.6 Å². The van der Waals surface area contributed by atoms with E-state index in [0.717, 1.165) is 29.8 Å². The van der Waals surface area contributed by atoms with Gasteiger partial charge in [0.15, 0.2) is 15.1 Å². The second kappa shape index (κ2) is 6.87. The summed E-state index contributed by atoms with van der Waals surface area (Å²) < 4.78 is 39.0. The van der Waals surface area contributed by atoms with Crippen LogP contribution >= 0.6 is 0 Å². The molecule has 2 unspecified atom stereocenters. The lowest BCUT2D eigenvalue weighted by molar-refractivity contribution is -0.129. The lowest BCUT2D eigenvalue weighted by atomic mass is 10.0. The number of nitrogens with one attached hydrogen (secondary N) is 2. The molecular weight excluding hydrogens is 361 g/mol. The Morgan fingerprint density at radius 2 is 1.81 bits per heavy atom. The molecule has 136 valence electrons. The normalized spacial score (nSPS) is 14.1. The van der Waals surface area contributed by atoms with E-state index in [1.165, 1.54) is 11.7 Å². The number of sulfone groups is 1. The third-order valence-corrected chi connectivity index (χ3v) is 6.26. The minimum atomic E-state index is -4.30. The quantitative estimate of drug-likeness (QED) is 0.306. The zero-order valence-electron chi connectivity index (χ0n) is 13.4. The monoisotopic (exact) mass is 377 g/mol. The molecule has 0 radical (unpaired) electrons. The average Bonchev–Trinajstić information content (AvgIpc) is 3.06. The van der Waals surface area contributed by atoms with E-state index in [0.29, 0.717) is 10.9 Å². The van der Waals surface area contributed by atoms with Gasteiger partial charge in [-0.25, -0.2) is 18.3 Å². The van der Waals surface area contributed by atoms with Crippen molar-refractivity contribution in [3.05, 3.63) is 66.1 Å². The van der Waals surface area contributed by atoms with Crippen molar-refractivity contribution in [1.29, 1.82) is 0 Å². The summed E-state index contributed by atoms with van der Waals surface area (Å²) in [4.78, 5) is 14.9. The van der Waals surface area contributed by atoms with Crippen molar-refractivity contribution in [2.24, 2.45) is 5.73 Å². The van der Waals surface area contributed by atoms with Crippen LogP contribution in [-0.4, -0.2) is 29.8 Å². The number of hydrogen-bond donors (Lipinski definition) is 4. The number of para-hydroxylation sites is 1. The van der Waals surface area contributed by atoms with Gasteiger partial charge in [-0.05, 0) is 35.9 Å². The molecular formula is C17H16FN3O4S. The Morgan fingerprint density at radius 3 is 2.46 bits per heavy atom. The van der Waals surface area contributed by atoms with Crippen LogP contribution in [0.5, 0.6) is 0 Å². The second-order valence-corrected chi connectivity index (χ2v) is 7.78. The van der Waals surface area contributed by atoms with Crippen LogP contribution in [0.1, 0.15) is 11.6 Å². The minimum absolute atomic E-state index is 0.275. The number of rotatable bonds is 5. The molecule has 0 saturated carbocycles. The fourth-order valence-electron chi connectivity index (χ4n) is 2.86. The van der Waals surface area contributed by atoms with Crippen LogP contribution in [0.3, 0.4) is 0 Å². The highest BCUT2D eigenvalue weighted by molar-refractivity contribution is 7.92. The number of hydrogen-bond acceptors (Lipinski definition) is 5. The predicted molar refractivity (Wildman–Crippen MR) is 92.5 cm³/mol. The van der Waals surface area contributed by atoms with E-state index in [1.54, 1.807) is 24.3 Å². The zero-order chi connectivity index (χ0) is 18.9. The molecule has 26 heavy (non-hydrogen) atoms. The maximum absolute atomic E-state index is 13.1. The fourth-order valence-corrected chi connectivity index (χ4v) is 4.54. The lowest BCUT2D eigenvalue weighted by Crippen LogP contribution is -2.45. The molecule has 0 saturated heterocycles. The molecule has 5 N–H and O–H groups in total. The van der Waals surface area contributed by atoms with Gasteiger partial charge in [0.25, 0.3) is 5.91 Å². The van der Waals surface area contributed by atoms with Crippen LogP contribution in [0.4, 0.5) is 4.39 Å². The third kappa shape index (κ3) is 3.07. The summed E-state index contributed by atoms with van der Waals surface area (Å²) in [7, 11) is -4.30. The molecule has 0 fully saturated rings. The van der Waals surface area contributed by atoms with Gasteiger partial charge in [-0.3, -0.25) is 10.0 Å². The minimum Gasteiger partial charge on any atom is -0.361 e. The van der Waals surface area contributed by atoms with Gasteiger partial charge in [0.1, 0.15) is 5.82 Å². The van der Waals surface area contributed by atoms with Crippen LogP contribution in [0.15, 0.2) is 59.6 Å².